The molecule has 0 aliphatic rings. The molecule has 2 amide bonds. The molecule has 0 aromatic heterocycles. The smallest absolute Gasteiger partial charge is 0.279 e. The van der Waals surface area contributed by atoms with E-state index in [1.54, 1.807) is 36.4 Å². The summed E-state index contributed by atoms with van der Waals surface area (Å²) < 4.78 is 10.7. The van der Waals surface area contributed by atoms with Crippen LogP contribution in [0.4, 0.5) is 0 Å². The summed E-state index contributed by atoms with van der Waals surface area (Å²) in [4.78, 5) is 24.3. The van der Waals surface area contributed by atoms with Gasteiger partial charge in [-0.15, -0.1) is 0 Å². The van der Waals surface area contributed by atoms with Crippen molar-refractivity contribution in [1.82, 2.24) is 10.9 Å². The Morgan fingerprint density at radius 3 is 2.33 bits per heavy atom. The van der Waals surface area contributed by atoms with Crippen LogP contribution in [0, 0.1) is 0 Å². The Hall–Kier alpha value is -3.02. The van der Waals surface area contributed by atoms with E-state index in [2.05, 4.69) is 10.9 Å². The van der Waals surface area contributed by atoms with Gasteiger partial charge in [-0.1, -0.05) is 37.3 Å². The molecule has 2 aromatic rings. The summed E-state index contributed by atoms with van der Waals surface area (Å²) in [5.41, 5.74) is 5.09. The van der Waals surface area contributed by atoms with Crippen molar-refractivity contribution in [2.75, 3.05) is 7.11 Å². The van der Waals surface area contributed by atoms with Crippen LogP contribution in [0.3, 0.4) is 0 Å². The van der Waals surface area contributed by atoms with Gasteiger partial charge in [-0.3, -0.25) is 20.4 Å². The van der Waals surface area contributed by atoms with Crippen LogP contribution in [0.25, 0.3) is 0 Å². The van der Waals surface area contributed by atoms with Gasteiger partial charge in [0.1, 0.15) is 11.5 Å². The number of amides is 2. The minimum Gasteiger partial charge on any atom is -0.496 e. The van der Waals surface area contributed by atoms with Gasteiger partial charge in [-0.2, -0.15) is 0 Å². The van der Waals surface area contributed by atoms with Gasteiger partial charge >= 0.3 is 0 Å². The summed E-state index contributed by atoms with van der Waals surface area (Å²) >= 11 is 0. The molecule has 6 nitrogen and oxygen atoms in total. The Bertz CT molecular complexity index is 688. The molecule has 6 heteroatoms. The van der Waals surface area contributed by atoms with Crippen LogP contribution in [-0.4, -0.2) is 25.0 Å². The summed E-state index contributed by atoms with van der Waals surface area (Å²) in [5, 5.41) is 0. The lowest BCUT2D eigenvalue weighted by molar-refractivity contribution is -0.128. The summed E-state index contributed by atoms with van der Waals surface area (Å²) in [6, 6.07) is 15.8. The standard InChI is InChI=1S/C18H20N2O4/c1-3-15(24-13-9-5-4-6-10-13)18(22)20-19-17(21)14-11-7-8-12-16(14)23-2/h4-12,15H,3H2,1-2H3,(H,19,21)(H,20,22). The van der Waals surface area contributed by atoms with Crippen molar-refractivity contribution >= 4 is 11.8 Å². The zero-order valence-corrected chi connectivity index (χ0v) is 13.6. The second kappa shape index (κ2) is 8.57. The molecule has 0 aliphatic carbocycles. The maximum absolute atomic E-state index is 12.2. The third-order valence-electron chi connectivity index (χ3n) is 3.34. The van der Waals surface area contributed by atoms with Crippen LogP contribution in [0.2, 0.25) is 0 Å². The van der Waals surface area contributed by atoms with Gasteiger partial charge in [0, 0.05) is 0 Å². The number of rotatable bonds is 6. The first-order valence-corrected chi connectivity index (χ1v) is 7.60. The summed E-state index contributed by atoms with van der Waals surface area (Å²) in [6.45, 7) is 1.83. The predicted molar refractivity (Wildman–Crippen MR) is 89.8 cm³/mol. The number of ether oxygens (including phenoxy) is 2. The van der Waals surface area contributed by atoms with Crippen LogP contribution in [0.5, 0.6) is 11.5 Å². The molecule has 2 rings (SSSR count). The van der Waals surface area contributed by atoms with Crippen LogP contribution >= 0.6 is 0 Å². The Morgan fingerprint density at radius 2 is 1.67 bits per heavy atom. The summed E-state index contributed by atoms with van der Waals surface area (Å²) in [6.07, 6.45) is -0.240. The van der Waals surface area contributed by atoms with E-state index in [1.807, 2.05) is 25.1 Å². The van der Waals surface area contributed by atoms with Crippen molar-refractivity contribution in [3.63, 3.8) is 0 Å². The highest BCUT2D eigenvalue weighted by Gasteiger charge is 2.20. The van der Waals surface area contributed by atoms with E-state index in [1.165, 1.54) is 7.11 Å². The molecule has 1 unspecified atom stereocenters. The Morgan fingerprint density at radius 1 is 1.00 bits per heavy atom. The number of benzene rings is 2. The van der Waals surface area contributed by atoms with Gasteiger partial charge in [-0.25, -0.2) is 0 Å². The molecule has 0 heterocycles. The second-order valence-corrected chi connectivity index (χ2v) is 4.97. The van der Waals surface area contributed by atoms with E-state index in [9.17, 15) is 9.59 Å². The van der Waals surface area contributed by atoms with Gasteiger partial charge in [0.2, 0.25) is 0 Å². The SMILES string of the molecule is CCC(Oc1ccccc1)C(=O)NNC(=O)c1ccccc1OC. The van der Waals surface area contributed by atoms with Gasteiger partial charge in [-0.05, 0) is 30.7 Å². The largest absolute Gasteiger partial charge is 0.496 e. The van der Waals surface area contributed by atoms with Gasteiger partial charge in [0.05, 0.1) is 12.7 Å². The van der Waals surface area contributed by atoms with Gasteiger partial charge in [0.15, 0.2) is 6.10 Å². The number of methoxy groups -OCH3 is 1. The lowest BCUT2D eigenvalue weighted by Crippen LogP contribution is -2.48. The van der Waals surface area contributed by atoms with Crippen molar-refractivity contribution in [2.24, 2.45) is 0 Å². The average Bonchev–Trinajstić information content (AvgIpc) is 2.64. The maximum atomic E-state index is 12.2. The predicted octanol–water partition coefficient (Wildman–Crippen LogP) is 2.31. The van der Waals surface area contributed by atoms with E-state index in [4.69, 9.17) is 9.47 Å². The molecular formula is C18H20N2O4. The highest BCUT2D eigenvalue weighted by atomic mass is 16.5. The fourth-order valence-electron chi connectivity index (χ4n) is 2.08. The Balaban J connectivity index is 1.94. The van der Waals surface area contributed by atoms with Crippen molar-refractivity contribution in [2.45, 2.75) is 19.4 Å². The van der Waals surface area contributed by atoms with Crippen molar-refractivity contribution in [3.05, 3.63) is 60.2 Å². The van der Waals surface area contributed by atoms with Crippen LogP contribution in [-0.2, 0) is 4.79 Å². The average molecular weight is 328 g/mol. The van der Waals surface area contributed by atoms with E-state index >= 15 is 0 Å². The number of hydrogen-bond donors (Lipinski definition) is 2. The minimum atomic E-state index is -0.703. The molecule has 2 aromatic carbocycles. The molecule has 2 N–H and O–H groups in total. The molecule has 126 valence electrons. The zero-order chi connectivity index (χ0) is 17.4. The topological polar surface area (TPSA) is 76.7 Å². The molecule has 0 saturated heterocycles. The monoisotopic (exact) mass is 328 g/mol. The molecular weight excluding hydrogens is 308 g/mol. The summed E-state index contributed by atoms with van der Waals surface area (Å²) in [5.74, 6) is 0.132. The number of carbonyl (C=O) groups is 2. The van der Waals surface area contributed by atoms with Crippen molar-refractivity contribution in [1.29, 1.82) is 0 Å². The molecule has 0 radical (unpaired) electrons. The van der Waals surface area contributed by atoms with E-state index in [-0.39, 0.29) is 0 Å². The van der Waals surface area contributed by atoms with E-state index in [0.717, 1.165) is 0 Å². The molecule has 0 bridgehead atoms. The van der Waals surface area contributed by atoms with E-state index < -0.39 is 17.9 Å². The number of nitrogens with one attached hydrogen (secondary N) is 2. The Labute approximate surface area is 140 Å². The molecule has 1 atom stereocenters. The second-order valence-electron chi connectivity index (χ2n) is 4.97. The lowest BCUT2D eigenvalue weighted by atomic mass is 10.2. The molecule has 0 fully saturated rings. The van der Waals surface area contributed by atoms with Crippen LogP contribution < -0.4 is 20.3 Å². The maximum Gasteiger partial charge on any atom is 0.279 e. The van der Waals surface area contributed by atoms with Gasteiger partial charge < -0.3 is 9.47 Å². The highest BCUT2D eigenvalue weighted by molar-refractivity contribution is 5.98. The number of carbonyl (C=O) groups excluding carboxylic acids is 2. The normalized spacial score (nSPS) is 11.2. The van der Waals surface area contributed by atoms with E-state index in [0.29, 0.717) is 23.5 Å². The third kappa shape index (κ3) is 4.49. The first-order valence-electron chi connectivity index (χ1n) is 7.60. The number of hydrogen-bond acceptors (Lipinski definition) is 4. The number of hydrazine groups is 1. The lowest BCUT2D eigenvalue weighted by Gasteiger charge is -2.17. The van der Waals surface area contributed by atoms with Gasteiger partial charge in [0.25, 0.3) is 11.8 Å². The fraction of sp³-hybridized carbons (Fsp3) is 0.222. The Kier molecular flexibility index (Phi) is 6.19. The molecule has 0 spiro atoms. The molecule has 0 aliphatic heterocycles. The molecule has 24 heavy (non-hydrogen) atoms. The fourth-order valence-corrected chi connectivity index (χ4v) is 2.08. The highest BCUT2D eigenvalue weighted by Crippen LogP contribution is 2.16. The minimum absolute atomic E-state index is 0.331. The number of para-hydroxylation sites is 2. The van der Waals surface area contributed by atoms with Crippen LogP contribution in [0.15, 0.2) is 54.6 Å². The molecule has 0 saturated carbocycles. The zero-order valence-electron chi connectivity index (χ0n) is 13.6. The van der Waals surface area contributed by atoms with Crippen molar-refractivity contribution in [3.8, 4) is 11.5 Å². The van der Waals surface area contributed by atoms with Crippen LogP contribution in [0.1, 0.15) is 23.7 Å². The third-order valence-corrected chi connectivity index (χ3v) is 3.34. The summed E-state index contributed by atoms with van der Waals surface area (Å²) in [7, 11) is 1.48. The first kappa shape index (κ1) is 17.3. The first-order chi connectivity index (χ1) is 11.7. The quantitative estimate of drug-likeness (QED) is 0.798. The van der Waals surface area contributed by atoms with Crippen molar-refractivity contribution < 1.29 is 19.1 Å².